The Hall–Kier alpha value is -5.23. The minimum Gasteiger partial charge on any atom is -0.462 e. The van der Waals surface area contributed by atoms with E-state index in [-0.39, 0.29) is 37.5 Å². The second-order valence-corrected chi connectivity index (χ2v) is 16.9. The first-order valence-corrected chi connectivity index (χ1v) is 26.8. The molecule has 0 saturated carbocycles. The molecule has 6 heteroatoms. The topological polar surface area (TPSA) is 78.9 Å². The van der Waals surface area contributed by atoms with Crippen molar-refractivity contribution in [3.05, 3.63) is 170 Å². The fourth-order valence-electron chi connectivity index (χ4n) is 6.47. The van der Waals surface area contributed by atoms with Gasteiger partial charge in [-0.2, -0.15) is 0 Å². The van der Waals surface area contributed by atoms with Crippen LogP contribution < -0.4 is 0 Å². The van der Waals surface area contributed by atoms with Crippen LogP contribution in [-0.2, 0) is 28.6 Å². The Morgan fingerprint density at radius 1 is 0.319 bits per heavy atom. The Morgan fingerprint density at radius 3 is 1.07 bits per heavy atom. The van der Waals surface area contributed by atoms with Crippen LogP contribution in [0.15, 0.2) is 170 Å². The predicted molar refractivity (Wildman–Crippen MR) is 297 cm³/mol. The SMILES string of the molecule is CC\C=C/C=C\C=C/C=C\C=C\C=C/CCCCCC(=O)OC(COC(=O)CCCCC/C=C\C/C=C\C/C=C\C/C=C\CC)COC(=O)CCCCCCC\C=C/C=C\C=C/C=C\CCCCC. The Kier molecular flexibility index (Phi) is 51.2. The molecule has 0 aliphatic carbocycles. The molecule has 69 heavy (non-hydrogen) atoms. The van der Waals surface area contributed by atoms with Gasteiger partial charge >= 0.3 is 17.9 Å². The van der Waals surface area contributed by atoms with Crippen LogP contribution in [-0.4, -0.2) is 37.2 Å². The molecule has 382 valence electrons. The van der Waals surface area contributed by atoms with Crippen LogP contribution >= 0.6 is 0 Å². The summed E-state index contributed by atoms with van der Waals surface area (Å²) >= 11 is 0. The van der Waals surface area contributed by atoms with Gasteiger partial charge in [0.2, 0.25) is 0 Å². The maximum Gasteiger partial charge on any atom is 0.306 e. The standard InChI is InChI=1S/C63H94O6/c1-4-7-10-13-16-19-22-25-28-31-33-35-38-41-44-47-50-53-56-62(65)68-59-60(58-67-61(64)55-52-49-46-43-40-37-34-30-27-24-21-18-15-12-9-6-3)69-63(66)57-54-51-48-45-42-39-36-32-29-26-23-20-17-14-11-8-5-2/h8-9,11-12,14,16-23,25-33,35-37,39-40,42,60H,4-7,10,13,15,24,34,38,41,43-59H2,1-3H3/b11-8-,12-9-,17-14-,19-16-,21-18-,23-20-,25-22-,29-26-,30-27-,31-28-,35-33-,36-32+,40-37-,42-39-. The van der Waals surface area contributed by atoms with Gasteiger partial charge in [0, 0.05) is 19.3 Å². The van der Waals surface area contributed by atoms with Crippen LogP contribution in [0.2, 0.25) is 0 Å². The average molecular weight is 947 g/mol. The van der Waals surface area contributed by atoms with Gasteiger partial charge in [-0.15, -0.1) is 0 Å². The molecule has 0 radical (unpaired) electrons. The van der Waals surface area contributed by atoms with E-state index >= 15 is 0 Å². The molecule has 0 spiro atoms. The van der Waals surface area contributed by atoms with E-state index in [4.69, 9.17) is 14.2 Å². The molecule has 0 rings (SSSR count). The largest absolute Gasteiger partial charge is 0.462 e. The van der Waals surface area contributed by atoms with E-state index in [1.165, 1.54) is 19.3 Å². The molecule has 0 aromatic rings. The lowest BCUT2D eigenvalue weighted by Gasteiger charge is -2.18. The van der Waals surface area contributed by atoms with Gasteiger partial charge in [-0.3, -0.25) is 14.4 Å². The van der Waals surface area contributed by atoms with Crippen LogP contribution in [0, 0.1) is 0 Å². The third-order valence-corrected chi connectivity index (χ3v) is 10.4. The number of carbonyl (C=O) groups is 3. The molecule has 0 aliphatic heterocycles. The molecule has 6 nitrogen and oxygen atoms in total. The number of carbonyl (C=O) groups excluding carboxylic acids is 3. The molecule has 1 atom stereocenters. The normalized spacial score (nSPS) is 13.5. The van der Waals surface area contributed by atoms with Crippen molar-refractivity contribution in [1.29, 1.82) is 0 Å². The second kappa shape index (κ2) is 55.4. The third-order valence-electron chi connectivity index (χ3n) is 10.4. The maximum absolute atomic E-state index is 12.8. The lowest BCUT2D eigenvalue weighted by Crippen LogP contribution is -2.30. The molecule has 0 N–H and O–H groups in total. The van der Waals surface area contributed by atoms with E-state index in [0.717, 1.165) is 122 Å². The molecule has 1 unspecified atom stereocenters. The van der Waals surface area contributed by atoms with E-state index in [1.807, 2.05) is 60.8 Å². The molecule has 0 aliphatic rings. The summed E-state index contributed by atoms with van der Waals surface area (Å²) in [5.74, 6) is -1.04. The first-order valence-electron chi connectivity index (χ1n) is 26.8. The second-order valence-electron chi connectivity index (χ2n) is 16.9. The number of ether oxygens (including phenoxy) is 3. The van der Waals surface area contributed by atoms with E-state index in [1.54, 1.807) is 0 Å². The van der Waals surface area contributed by atoms with Crippen LogP contribution in [0.4, 0.5) is 0 Å². The van der Waals surface area contributed by atoms with Gasteiger partial charge in [-0.05, 0) is 103 Å². The Bertz CT molecular complexity index is 1650. The smallest absolute Gasteiger partial charge is 0.306 e. The van der Waals surface area contributed by atoms with E-state index in [0.29, 0.717) is 19.3 Å². The Labute approximate surface area is 422 Å². The summed E-state index contributed by atoms with van der Waals surface area (Å²) in [7, 11) is 0. The van der Waals surface area contributed by atoms with Crippen LogP contribution in [0.1, 0.15) is 188 Å². The first-order chi connectivity index (χ1) is 34.0. The summed E-state index contributed by atoms with van der Waals surface area (Å²) < 4.78 is 16.7. The van der Waals surface area contributed by atoms with Crippen molar-refractivity contribution in [2.75, 3.05) is 13.2 Å². The van der Waals surface area contributed by atoms with Crippen molar-refractivity contribution in [1.82, 2.24) is 0 Å². The van der Waals surface area contributed by atoms with Gasteiger partial charge in [-0.25, -0.2) is 0 Å². The summed E-state index contributed by atoms with van der Waals surface area (Å²) in [6.45, 7) is 6.23. The highest BCUT2D eigenvalue weighted by Crippen LogP contribution is 2.12. The van der Waals surface area contributed by atoms with Gasteiger partial charge in [-0.1, -0.05) is 236 Å². The Balaban J connectivity index is 4.64. The number of rotatable bonds is 45. The third kappa shape index (κ3) is 53.6. The number of hydrogen-bond acceptors (Lipinski definition) is 6. The maximum atomic E-state index is 12.8. The number of unbranched alkanes of at least 4 members (excludes halogenated alkanes) is 14. The minimum atomic E-state index is -0.835. The Morgan fingerprint density at radius 2 is 0.638 bits per heavy atom. The lowest BCUT2D eigenvalue weighted by atomic mass is 10.1. The molecule has 0 aromatic heterocycles. The highest BCUT2D eigenvalue weighted by molar-refractivity contribution is 5.71. The van der Waals surface area contributed by atoms with Gasteiger partial charge in [0.1, 0.15) is 13.2 Å². The summed E-state index contributed by atoms with van der Waals surface area (Å²) in [6.07, 6.45) is 81.8. The van der Waals surface area contributed by atoms with Crippen molar-refractivity contribution in [2.24, 2.45) is 0 Å². The molecule has 0 amide bonds. The number of allylic oxidation sites excluding steroid dienone is 28. The molecular formula is C63H94O6. The lowest BCUT2D eigenvalue weighted by molar-refractivity contribution is -0.167. The van der Waals surface area contributed by atoms with Gasteiger partial charge in [0.05, 0.1) is 0 Å². The zero-order valence-corrected chi connectivity index (χ0v) is 43.5. The quantitative estimate of drug-likeness (QED) is 0.0199. The van der Waals surface area contributed by atoms with E-state index < -0.39 is 6.10 Å². The fourth-order valence-corrected chi connectivity index (χ4v) is 6.47. The molecule has 0 bridgehead atoms. The van der Waals surface area contributed by atoms with E-state index in [9.17, 15) is 14.4 Å². The van der Waals surface area contributed by atoms with Gasteiger partial charge in [0.15, 0.2) is 6.10 Å². The van der Waals surface area contributed by atoms with Gasteiger partial charge in [0.25, 0.3) is 0 Å². The average Bonchev–Trinajstić information content (AvgIpc) is 3.35. The van der Waals surface area contributed by atoms with Crippen molar-refractivity contribution in [2.45, 2.75) is 194 Å². The molecule has 0 aromatic carbocycles. The summed E-state index contributed by atoms with van der Waals surface area (Å²) in [5, 5.41) is 0. The monoisotopic (exact) mass is 947 g/mol. The number of hydrogen-bond donors (Lipinski definition) is 0. The highest BCUT2D eigenvalue weighted by atomic mass is 16.6. The zero-order valence-electron chi connectivity index (χ0n) is 43.5. The summed E-state index contributed by atoms with van der Waals surface area (Å²) in [6, 6.07) is 0. The van der Waals surface area contributed by atoms with Crippen molar-refractivity contribution in [3.63, 3.8) is 0 Å². The van der Waals surface area contributed by atoms with Crippen LogP contribution in [0.3, 0.4) is 0 Å². The fraction of sp³-hybridized carbons (Fsp3) is 0.508. The summed E-state index contributed by atoms with van der Waals surface area (Å²) in [5.41, 5.74) is 0. The van der Waals surface area contributed by atoms with Crippen LogP contribution in [0.25, 0.3) is 0 Å². The highest BCUT2D eigenvalue weighted by Gasteiger charge is 2.19. The summed E-state index contributed by atoms with van der Waals surface area (Å²) in [4.78, 5) is 38.1. The number of esters is 3. The zero-order chi connectivity index (χ0) is 50.0. The molecule has 0 heterocycles. The van der Waals surface area contributed by atoms with Crippen molar-refractivity contribution in [3.8, 4) is 0 Å². The van der Waals surface area contributed by atoms with Gasteiger partial charge < -0.3 is 14.2 Å². The predicted octanol–water partition coefficient (Wildman–Crippen LogP) is 18.0. The van der Waals surface area contributed by atoms with Crippen molar-refractivity contribution < 1.29 is 28.6 Å². The van der Waals surface area contributed by atoms with Crippen LogP contribution in [0.5, 0.6) is 0 Å². The first kappa shape index (κ1) is 63.8. The van der Waals surface area contributed by atoms with Crippen molar-refractivity contribution >= 4 is 17.9 Å². The molecule has 0 saturated heterocycles. The molecular weight excluding hydrogens is 853 g/mol. The molecule has 0 fully saturated rings. The minimum absolute atomic E-state index is 0.128. The van der Waals surface area contributed by atoms with E-state index in [2.05, 4.69) is 130 Å².